The Hall–Kier alpha value is -4.60. The molecule has 10 rings (SSSR count). The van der Waals surface area contributed by atoms with Crippen molar-refractivity contribution in [1.82, 2.24) is 19.5 Å². The third-order valence-electron chi connectivity index (χ3n) is 8.33. The maximum Gasteiger partial charge on any atom is 0.113 e. The summed E-state index contributed by atoms with van der Waals surface area (Å²) in [6.45, 7) is 0. The number of pyridine rings is 2. The van der Waals surface area contributed by atoms with Gasteiger partial charge in [0.2, 0.25) is 0 Å². The second-order valence-electron chi connectivity index (χ2n) is 10.8. The van der Waals surface area contributed by atoms with Gasteiger partial charge in [-0.25, -0.2) is 0 Å². The number of H-pyrrole nitrogens is 1. The summed E-state index contributed by atoms with van der Waals surface area (Å²) < 4.78 is 5.06. The third-order valence-corrected chi connectivity index (χ3v) is 12.3. The maximum absolute atomic E-state index is 5.00. The van der Waals surface area contributed by atoms with Gasteiger partial charge in [0.15, 0.2) is 0 Å². The van der Waals surface area contributed by atoms with E-state index in [1.807, 2.05) is 35.1 Å². The molecule has 0 atom stereocenters. The van der Waals surface area contributed by atoms with Crippen LogP contribution >= 0.6 is 45.3 Å². The Bertz CT molecular complexity index is 2650. The second kappa shape index (κ2) is 9.45. The summed E-state index contributed by atoms with van der Waals surface area (Å²) in [6.07, 6.45) is 3.90. The first-order valence-electron chi connectivity index (χ1n) is 14.2. The molecular weight excluding hydrogens is 617 g/mol. The van der Waals surface area contributed by atoms with Gasteiger partial charge in [0.05, 0.1) is 28.4 Å². The molecule has 0 aliphatic rings. The van der Waals surface area contributed by atoms with E-state index in [2.05, 4.69) is 111 Å². The molecule has 8 heterocycles. The monoisotopic (exact) mass is 636 g/mol. The van der Waals surface area contributed by atoms with E-state index in [1.165, 1.54) is 57.0 Å². The van der Waals surface area contributed by atoms with Crippen molar-refractivity contribution in [2.24, 2.45) is 0 Å². The van der Waals surface area contributed by atoms with Crippen LogP contribution < -0.4 is 0 Å². The number of aromatic amines is 1. The van der Waals surface area contributed by atoms with Crippen molar-refractivity contribution in [2.45, 2.75) is 0 Å². The zero-order chi connectivity index (χ0) is 28.8. The molecule has 0 spiro atoms. The van der Waals surface area contributed by atoms with Crippen LogP contribution in [0, 0.1) is 0 Å². The fourth-order valence-electron chi connectivity index (χ4n) is 6.30. The number of hydrogen-bond donors (Lipinski definition) is 1. The van der Waals surface area contributed by atoms with Crippen LogP contribution in [-0.2, 0) is 0 Å². The van der Waals surface area contributed by atoms with Crippen molar-refractivity contribution in [3.05, 3.63) is 113 Å². The summed E-state index contributed by atoms with van der Waals surface area (Å²) >= 11 is 7.29. The number of hydrogen-bond acceptors (Lipinski definition) is 6. The Labute approximate surface area is 267 Å². The summed E-state index contributed by atoms with van der Waals surface area (Å²) in [5.41, 5.74) is 8.72. The van der Waals surface area contributed by atoms with Crippen LogP contribution in [-0.4, -0.2) is 19.5 Å². The van der Waals surface area contributed by atoms with Crippen molar-refractivity contribution in [3.63, 3.8) is 0 Å². The maximum atomic E-state index is 5.00. The van der Waals surface area contributed by atoms with E-state index in [0.29, 0.717) is 0 Å². The molecule has 10 aromatic rings. The number of para-hydroxylation sites is 2. The van der Waals surface area contributed by atoms with Gasteiger partial charge in [-0.3, -0.25) is 14.5 Å². The van der Waals surface area contributed by atoms with Crippen molar-refractivity contribution in [3.8, 4) is 37.3 Å². The molecular formula is C36H20N4S4. The van der Waals surface area contributed by atoms with Gasteiger partial charge in [0, 0.05) is 68.9 Å². The second-order valence-corrected chi connectivity index (χ2v) is 14.7. The molecule has 0 unspecified atom stereocenters. The lowest BCUT2D eigenvalue weighted by Crippen LogP contribution is -1.92. The lowest BCUT2D eigenvalue weighted by Gasteiger charge is -2.05. The molecule has 0 fully saturated rings. The Morgan fingerprint density at radius 3 is 2.34 bits per heavy atom. The summed E-state index contributed by atoms with van der Waals surface area (Å²) in [5.74, 6) is 0. The van der Waals surface area contributed by atoms with Gasteiger partial charge in [0.1, 0.15) is 10.7 Å². The Balaban J connectivity index is 1.10. The predicted molar refractivity (Wildman–Crippen MR) is 191 cm³/mol. The zero-order valence-corrected chi connectivity index (χ0v) is 26.2. The minimum Gasteiger partial charge on any atom is -0.353 e. The predicted octanol–water partition coefficient (Wildman–Crippen LogP) is 11.6. The summed E-state index contributed by atoms with van der Waals surface area (Å²) in [5, 5.41) is 12.6. The number of aromatic nitrogens is 4. The Morgan fingerprint density at radius 1 is 0.659 bits per heavy atom. The van der Waals surface area contributed by atoms with Gasteiger partial charge in [-0.2, -0.15) is 11.3 Å². The molecule has 4 nitrogen and oxygen atoms in total. The molecule has 8 aromatic heterocycles. The average molecular weight is 637 g/mol. The van der Waals surface area contributed by atoms with Crippen LogP contribution in [0.5, 0.6) is 0 Å². The molecule has 0 bridgehead atoms. The van der Waals surface area contributed by atoms with E-state index >= 15 is 0 Å². The van der Waals surface area contributed by atoms with Crippen LogP contribution in [0.2, 0.25) is 0 Å². The highest BCUT2D eigenvalue weighted by Gasteiger charge is 2.18. The van der Waals surface area contributed by atoms with Gasteiger partial charge in [-0.05, 0) is 59.3 Å². The fraction of sp³-hybridized carbons (Fsp3) is 0. The molecule has 2 aromatic carbocycles. The quantitative estimate of drug-likeness (QED) is 0.209. The van der Waals surface area contributed by atoms with Crippen molar-refractivity contribution < 1.29 is 0 Å². The molecule has 0 aliphatic heterocycles. The molecule has 1 N–H and O–H groups in total. The van der Waals surface area contributed by atoms with Gasteiger partial charge in [0.25, 0.3) is 0 Å². The minimum atomic E-state index is 0.866. The normalized spacial score (nSPS) is 12.1. The van der Waals surface area contributed by atoms with E-state index < -0.39 is 0 Å². The smallest absolute Gasteiger partial charge is 0.113 e. The van der Waals surface area contributed by atoms with Gasteiger partial charge < -0.3 is 4.98 Å². The molecule has 0 saturated heterocycles. The number of rotatable bonds is 4. The minimum absolute atomic E-state index is 0.866. The number of nitrogens with one attached hydrogen (secondary N) is 1. The van der Waals surface area contributed by atoms with Gasteiger partial charge in [-0.15, -0.1) is 34.0 Å². The summed E-state index contributed by atoms with van der Waals surface area (Å²) in [4.78, 5) is 16.0. The molecule has 0 aliphatic carbocycles. The highest BCUT2D eigenvalue weighted by Crippen LogP contribution is 2.44. The number of thiophene rings is 4. The number of nitrogens with zero attached hydrogens (tertiary/aromatic N) is 3. The SMILES string of the molecule is c1ccc2c(c1)[nH]c1c(-c3cc4c5ccccc5n(-c5cc(-c6cc7sc(-c8ccsc8)cc7s6)cs5)c4cn3)nccc12. The van der Waals surface area contributed by atoms with Crippen LogP contribution in [0.1, 0.15) is 0 Å². The fourth-order valence-corrected chi connectivity index (χ4v) is 10.4. The number of fused-ring (bicyclic) bond motifs is 7. The Morgan fingerprint density at radius 2 is 1.48 bits per heavy atom. The largest absolute Gasteiger partial charge is 0.353 e. The van der Waals surface area contributed by atoms with Gasteiger partial charge >= 0.3 is 0 Å². The van der Waals surface area contributed by atoms with Crippen molar-refractivity contribution in [2.75, 3.05) is 0 Å². The molecule has 0 radical (unpaired) electrons. The average Bonchev–Trinajstić information content (AvgIpc) is 3.89. The van der Waals surface area contributed by atoms with Crippen LogP contribution in [0.25, 0.3) is 90.3 Å². The zero-order valence-electron chi connectivity index (χ0n) is 22.9. The highest BCUT2D eigenvalue weighted by molar-refractivity contribution is 7.31. The molecule has 44 heavy (non-hydrogen) atoms. The first kappa shape index (κ1) is 24.8. The first-order valence-corrected chi connectivity index (χ1v) is 17.6. The number of benzene rings is 2. The molecule has 0 amide bonds. The Kier molecular flexibility index (Phi) is 5.33. The molecule has 208 valence electrons. The third kappa shape index (κ3) is 3.66. The van der Waals surface area contributed by atoms with Crippen molar-refractivity contribution >= 4 is 98.4 Å². The van der Waals surface area contributed by atoms with E-state index in [1.54, 1.807) is 22.7 Å². The topological polar surface area (TPSA) is 46.5 Å². The molecule has 8 heteroatoms. The van der Waals surface area contributed by atoms with E-state index in [0.717, 1.165) is 33.3 Å². The lowest BCUT2D eigenvalue weighted by atomic mass is 10.1. The van der Waals surface area contributed by atoms with Crippen LogP contribution in [0.15, 0.2) is 113 Å². The van der Waals surface area contributed by atoms with Gasteiger partial charge in [-0.1, -0.05) is 36.4 Å². The molecule has 0 saturated carbocycles. The standard InChI is InChI=1S/C36H20N4S4/c1-3-7-26-22(5-1)24-9-11-37-36(35(24)39-26)27-14-25-23-6-2-4-8-28(23)40(29(25)17-38-27)34-13-21(19-42-34)31-16-33-32(44-31)15-30(43-33)20-10-12-41-18-20/h1-19,39H. The van der Waals surface area contributed by atoms with Crippen LogP contribution in [0.3, 0.4) is 0 Å². The summed E-state index contributed by atoms with van der Waals surface area (Å²) in [6, 6.07) is 30.6. The van der Waals surface area contributed by atoms with Crippen molar-refractivity contribution in [1.29, 1.82) is 0 Å². The van der Waals surface area contributed by atoms with E-state index in [9.17, 15) is 0 Å². The highest BCUT2D eigenvalue weighted by atomic mass is 32.1. The lowest BCUT2D eigenvalue weighted by molar-refractivity contribution is 1.20. The van der Waals surface area contributed by atoms with Crippen LogP contribution in [0.4, 0.5) is 0 Å². The van der Waals surface area contributed by atoms with E-state index in [-0.39, 0.29) is 0 Å². The summed E-state index contributed by atoms with van der Waals surface area (Å²) in [7, 11) is 0. The van der Waals surface area contributed by atoms with E-state index in [4.69, 9.17) is 9.97 Å². The first-order chi connectivity index (χ1) is 21.8.